The molecule has 4 heteroatoms. The Morgan fingerprint density at radius 2 is 2.15 bits per heavy atom. The number of furan rings is 1. The fraction of sp³-hybridized carbons (Fsp3) is 0.111. The number of hydrogen-bond acceptors (Lipinski definition) is 4. The van der Waals surface area contributed by atoms with Crippen LogP contribution in [0.25, 0.3) is 6.08 Å². The van der Waals surface area contributed by atoms with Gasteiger partial charge in [-0.2, -0.15) is 0 Å². The third kappa shape index (κ3) is 2.59. The van der Waals surface area contributed by atoms with Crippen LogP contribution < -0.4 is 5.11 Å². The SMILES string of the molecule is CC(=O)c1ccc(/C=C/C(=O)[O-])o1. The summed E-state index contributed by atoms with van der Waals surface area (Å²) in [4.78, 5) is 20.8. The molecule has 0 unspecified atom stereocenters. The summed E-state index contributed by atoms with van der Waals surface area (Å²) in [5.74, 6) is -0.985. The van der Waals surface area contributed by atoms with Crippen LogP contribution in [-0.4, -0.2) is 11.8 Å². The van der Waals surface area contributed by atoms with Crippen LogP contribution in [0.4, 0.5) is 0 Å². The molecule has 0 aliphatic rings. The van der Waals surface area contributed by atoms with Gasteiger partial charge in [0.2, 0.25) is 0 Å². The highest BCUT2D eigenvalue weighted by molar-refractivity contribution is 5.91. The van der Waals surface area contributed by atoms with Gasteiger partial charge in [-0.25, -0.2) is 0 Å². The molecule has 4 nitrogen and oxygen atoms in total. The second-order valence-corrected chi connectivity index (χ2v) is 2.41. The minimum Gasteiger partial charge on any atom is -0.545 e. The third-order valence-corrected chi connectivity index (χ3v) is 1.36. The summed E-state index contributed by atoms with van der Waals surface area (Å²) in [6.45, 7) is 1.37. The van der Waals surface area contributed by atoms with E-state index in [0.717, 1.165) is 6.08 Å². The zero-order valence-electron chi connectivity index (χ0n) is 6.94. The van der Waals surface area contributed by atoms with Crippen LogP contribution in [0.1, 0.15) is 23.2 Å². The Hall–Kier alpha value is -1.84. The maximum absolute atomic E-state index is 10.8. The largest absolute Gasteiger partial charge is 0.545 e. The Bertz CT molecular complexity index is 359. The molecular weight excluding hydrogens is 172 g/mol. The van der Waals surface area contributed by atoms with Gasteiger partial charge in [-0.1, -0.05) is 0 Å². The zero-order valence-corrected chi connectivity index (χ0v) is 6.94. The topological polar surface area (TPSA) is 70.3 Å². The summed E-state index contributed by atoms with van der Waals surface area (Å²) in [6.07, 6.45) is 2.06. The van der Waals surface area contributed by atoms with Crippen molar-refractivity contribution in [3.63, 3.8) is 0 Å². The fourth-order valence-electron chi connectivity index (χ4n) is 0.782. The standard InChI is InChI=1S/C9H8O4/c1-6(10)8-4-2-7(13-8)3-5-9(11)12/h2-5H,1H3,(H,11,12)/p-1/b5-3+. The molecule has 1 aromatic rings. The second kappa shape index (κ2) is 3.71. The van der Waals surface area contributed by atoms with E-state index >= 15 is 0 Å². The van der Waals surface area contributed by atoms with Gasteiger partial charge in [0, 0.05) is 6.92 Å². The molecule has 0 aliphatic carbocycles. The molecule has 0 N–H and O–H groups in total. The Kier molecular flexibility index (Phi) is 2.64. The van der Waals surface area contributed by atoms with Gasteiger partial charge in [0.05, 0.1) is 5.97 Å². The first kappa shape index (κ1) is 9.25. The van der Waals surface area contributed by atoms with Crippen molar-refractivity contribution < 1.29 is 19.1 Å². The van der Waals surface area contributed by atoms with E-state index in [-0.39, 0.29) is 11.5 Å². The van der Waals surface area contributed by atoms with Crippen LogP contribution in [0.2, 0.25) is 0 Å². The average molecular weight is 179 g/mol. The van der Waals surface area contributed by atoms with E-state index in [1.54, 1.807) is 0 Å². The quantitative estimate of drug-likeness (QED) is 0.492. The van der Waals surface area contributed by atoms with E-state index in [4.69, 9.17) is 4.42 Å². The van der Waals surface area contributed by atoms with E-state index in [1.807, 2.05) is 0 Å². The molecule has 68 valence electrons. The lowest BCUT2D eigenvalue weighted by Crippen LogP contribution is -2.18. The number of ketones is 1. The smallest absolute Gasteiger partial charge is 0.194 e. The lowest BCUT2D eigenvalue weighted by Gasteiger charge is -1.89. The van der Waals surface area contributed by atoms with Crippen LogP contribution in [-0.2, 0) is 4.79 Å². The van der Waals surface area contributed by atoms with Gasteiger partial charge < -0.3 is 14.3 Å². The summed E-state index contributed by atoms with van der Waals surface area (Å²) in [5.41, 5.74) is 0. The molecule has 13 heavy (non-hydrogen) atoms. The number of hydrogen-bond donors (Lipinski definition) is 0. The molecule has 0 saturated heterocycles. The lowest BCUT2D eigenvalue weighted by atomic mass is 10.3. The maximum Gasteiger partial charge on any atom is 0.194 e. The molecule has 0 aromatic carbocycles. The summed E-state index contributed by atoms with van der Waals surface area (Å²) in [5, 5.41) is 10.0. The van der Waals surface area contributed by atoms with Crippen LogP contribution in [0.15, 0.2) is 22.6 Å². The molecule has 1 aromatic heterocycles. The van der Waals surface area contributed by atoms with Gasteiger partial charge in [0.1, 0.15) is 5.76 Å². The molecule has 1 rings (SSSR count). The minimum atomic E-state index is -1.30. The number of carbonyl (C=O) groups is 2. The highest BCUT2D eigenvalue weighted by atomic mass is 16.4. The number of aliphatic carboxylic acids is 1. The number of Topliss-reactive ketones (excluding diaryl/α,β-unsaturated/α-hetero) is 1. The van der Waals surface area contributed by atoms with Crippen molar-refractivity contribution in [2.75, 3.05) is 0 Å². The van der Waals surface area contributed by atoms with Gasteiger partial charge in [0.25, 0.3) is 0 Å². The molecule has 0 atom stereocenters. The molecule has 0 saturated carbocycles. The number of carboxylic acid groups (broad SMARTS) is 1. The Morgan fingerprint density at radius 3 is 2.62 bits per heavy atom. The van der Waals surface area contributed by atoms with Crippen LogP contribution in [0.5, 0.6) is 0 Å². The van der Waals surface area contributed by atoms with Crippen LogP contribution >= 0.6 is 0 Å². The summed E-state index contributed by atoms with van der Waals surface area (Å²) in [7, 11) is 0. The van der Waals surface area contributed by atoms with Gasteiger partial charge in [-0.3, -0.25) is 4.79 Å². The first-order valence-corrected chi connectivity index (χ1v) is 3.59. The van der Waals surface area contributed by atoms with Crippen molar-refractivity contribution in [1.29, 1.82) is 0 Å². The van der Waals surface area contributed by atoms with E-state index < -0.39 is 5.97 Å². The van der Waals surface area contributed by atoms with Crippen LogP contribution in [0, 0.1) is 0 Å². The van der Waals surface area contributed by atoms with Crippen molar-refractivity contribution >= 4 is 17.8 Å². The predicted octanol–water partition coefficient (Wildman–Crippen LogP) is 0.245. The lowest BCUT2D eigenvalue weighted by molar-refractivity contribution is -0.297. The highest BCUT2D eigenvalue weighted by Gasteiger charge is 2.03. The molecule has 0 aliphatic heterocycles. The minimum absolute atomic E-state index is 0.201. The van der Waals surface area contributed by atoms with E-state index in [9.17, 15) is 14.7 Å². The highest BCUT2D eigenvalue weighted by Crippen LogP contribution is 2.09. The van der Waals surface area contributed by atoms with E-state index in [1.165, 1.54) is 25.1 Å². The van der Waals surface area contributed by atoms with Crippen molar-refractivity contribution in [3.8, 4) is 0 Å². The Morgan fingerprint density at radius 1 is 1.46 bits per heavy atom. The van der Waals surface area contributed by atoms with Crippen molar-refractivity contribution in [2.45, 2.75) is 6.92 Å². The predicted molar refractivity (Wildman–Crippen MR) is 42.8 cm³/mol. The molecule has 0 radical (unpaired) electrons. The zero-order chi connectivity index (χ0) is 9.84. The van der Waals surface area contributed by atoms with E-state index in [2.05, 4.69) is 0 Å². The number of rotatable bonds is 3. The summed E-state index contributed by atoms with van der Waals surface area (Å²) in [6, 6.07) is 2.99. The molecule has 0 fully saturated rings. The van der Waals surface area contributed by atoms with Crippen molar-refractivity contribution in [3.05, 3.63) is 29.7 Å². The van der Waals surface area contributed by atoms with Crippen LogP contribution in [0.3, 0.4) is 0 Å². The average Bonchev–Trinajstić information content (AvgIpc) is 2.48. The van der Waals surface area contributed by atoms with Gasteiger partial charge >= 0.3 is 0 Å². The number of carbonyl (C=O) groups excluding carboxylic acids is 2. The second-order valence-electron chi connectivity index (χ2n) is 2.41. The molecule has 1 heterocycles. The first-order chi connectivity index (χ1) is 6.09. The molecule has 0 spiro atoms. The number of carboxylic acids is 1. The maximum atomic E-state index is 10.8. The fourth-order valence-corrected chi connectivity index (χ4v) is 0.782. The summed E-state index contributed by atoms with van der Waals surface area (Å²) < 4.78 is 4.97. The normalized spacial score (nSPS) is 10.5. The Labute approximate surface area is 74.5 Å². The van der Waals surface area contributed by atoms with Gasteiger partial charge in [-0.05, 0) is 24.3 Å². The van der Waals surface area contributed by atoms with E-state index in [0.29, 0.717) is 5.76 Å². The van der Waals surface area contributed by atoms with Gasteiger partial charge in [-0.15, -0.1) is 0 Å². The van der Waals surface area contributed by atoms with Gasteiger partial charge in [0.15, 0.2) is 11.5 Å². The van der Waals surface area contributed by atoms with Crippen molar-refractivity contribution in [2.24, 2.45) is 0 Å². The monoisotopic (exact) mass is 179 g/mol. The first-order valence-electron chi connectivity index (χ1n) is 3.59. The molecule has 0 bridgehead atoms. The molecular formula is C9H7O4-. The third-order valence-electron chi connectivity index (χ3n) is 1.36. The Balaban J connectivity index is 2.80. The van der Waals surface area contributed by atoms with Crippen molar-refractivity contribution in [1.82, 2.24) is 0 Å². The molecule has 0 amide bonds. The summed E-state index contributed by atoms with van der Waals surface area (Å²) >= 11 is 0.